The molecule has 1 saturated carbocycles. The number of amides is 1. The van der Waals surface area contributed by atoms with E-state index < -0.39 is 15.1 Å². The smallest absolute Gasteiger partial charge is 0.237 e. The molecule has 31 heavy (non-hydrogen) atoms. The van der Waals surface area contributed by atoms with E-state index in [4.69, 9.17) is 9.47 Å². The molecule has 0 radical (unpaired) electrons. The normalized spacial score (nSPS) is 35.4. The van der Waals surface area contributed by atoms with E-state index in [1.165, 1.54) is 0 Å². The van der Waals surface area contributed by atoms with Crippen LogP contribution in [-0.4, -0.2) is 63.7 Å². The van der Waals surface area contributed by atoms with Crippen LogP contribution in [0.1, 0.15) is 37.7 Å². The zero-order valence-electron chi connectivity index (χ0n) is 17.6. The van der Waals surface area contributed by atoms with E-state index in [-0.39, 0.29) is 30.9 Å². The van der Waals surface area contributed by atoms with E-state index in [1.54, 1.807) is 24.3 Å². The number of nitrogens with one attached hydrogen (secondary N) is 3. The van der Waals surface area contributed by atoms with Crippen LogP contribution in [0.3, 0.4) is 0 Å². The molecule has 0 bridgehead atoms. The number of sulfone groups is 1. The summed E-state index contributed by atoms with van der Waals surface area (Å²) in [5.41, 5.74) is 0.889. The molecule has 0 aromatic heterocycles. The van der Waals surface area contributed by atoms with Gasteiger partial charge in [-0.05, 0) is 68.8 Å². The standard InChI is InChI=1S/C22H31N3O5S/c26-22(19-9-15-12-23-8-7-18(15)25-19)24-11-14-1-3-16(4-2-14)31(27,28)17-5-6-20-21(10-17)30-13-29-20/h1-4,15,17-21,23,25H,5-13H2,(H,24,26). The largest absolute Gasteiger partial charge is 0.351 e. The molecule has 3 saturated heterocycles. The molecular weight excluding hydrogens is 418 g/mol. The van der Waals surface area contributed by atoms with Crippen molar-refractivity contribution >= 4 is 15.7 Å². The van der Waals surface area contributed by atoms with Gasteiger partial charge in [-0.2, -0.15) is 0 Å². The summed E-state index contributed by atoms with van der Waals surface area (Å²) in [7, 11) is -3.41. The lowest BCUT2D eigenvalue weighted by molar-refractivity contribution is -0.123. The third-order valence-electron chi connectivity index (χ3n) is 7.28. The predicted octanol–water partition coefficient (Wildman–Crippen LogP) is 0.711. The van der Waals surface area contributed by atoms with Crippen molar-refractivity contribution in [3.63, 3.8) is 0 Å². The average molecular weight is 450 g/mol. The maximum Gasteiger partial charge on any atom is 0.237 e. The summed E-state index contributed by atoms with van der Waals surface area (Å²) in [5, 5.41) is 9.41. The number of ether oxygens (including phenoxy) is 2. The number of benzene rings is 1. The summed E-state index contributed by atoms with van der Waals surface area (Å²) in [6.45, 7) is 2.62. The molecule has 1 amide bonds. The highest BCUT2D eigenvalue weighted by Gasteiger charge is 2.41. The number of fused-ring (bicyclic) bond motifs is 2. The number of piperidine rings is 1. The first-order valence-electron chi connectivity index (χ1n) is 11.3. The number of rotatable bonds is 5. The van der Waals surface area contributed by atoms with Gasteiger partial charge in [-0.15, -0.1) is 0 Å². The van der Waals surface area contributed by atoms with Crippen LogP contribution in [0.2, 0.25) is 0 Å². The number of carbonyl (C=O) groups excluding carboxylic acids is 1. The fourth-order valence-electron chi connectivity index (χ4n) is 5.43. The third-order valence-corrected chi connectivity index (χ3v) is 9.52. The Balaban J connectivity index is 1.16. The highest BCUT2D eigenvalue weighted by atomic mass is 32.2. The summed E-state index contributed by atoms with van der Waals surface area (Å²) in [6, 6.07) is 7.18. The Labute approximate surface area is 183 Å². The van der Waals surface area contributed by atoms with E-state index in [9.17, 15) is 13.2 Å². The van der Waals surface area contributed by atoms with Crippen LogP contribution in [0, 0.1) is 5.92 Å². The van der Waals surface area contributed by atoms with Crippen molar-refractivity contribution in [3.8, 4) is 0 Å². The Morgan fingerprint density at radius 3 is 2.68 bits per heavy atom. The fourth-order valence-corrected chi connectivity index (χ4v) is 7.22. The van der Waals surface area contributed by atoms with Crippen LogP contribution in [0.4, 0.5) is 0 Å². The molecular formula is C22H31N3O5S. The van der Waals surface area contributed by atoms with Gasteiger partial charge >= 0.3 is 0 Å². The van der Waals surface area contributed by atoms with Gasteiger partial charge < -0.3 is 25.4 Å². The monoisotopic (exact) mass is 449 g/mol. The minimum Gasteiger partial charge on any atom is -0.351 e. The molecule has 3 heterocycles. The molecule has 1 aromatic carbocycles. The Hall–Kier alpha value is -1.52. The highest BCUT2D eigenvalue weighted by Crippen LogP contribution is 2.34. The van der Waals surface area contributed by atoms with Gasteiger partial charge in [0, 0.05) is 12.6 Å². The van der Waals surface area contributed by atoms with Crippen LogP contribution in [-0.2, 0) is 30.7 Å². The van der Waals surface area contributed by atoms with Crippen LogP contribution in [0.25, 0.3) is 0 Å². The zero-order chi connectivity index (χ0) is 21.4. The van der Waals surface area contributed by atoms with Crippen molar-refractivity contribution in [3.05, 3.63) is 29.8 Å². The topological polar surface area (TPSA) is 106 Å². The number of carbonyl (C=O) groups is 1. The lowest BCUT2D eigenvalue weighted by Gasteiger charge is -2.29. The van der Waals surface area contributed by atoms with Crippen molar-refractivity contribution in [2.24, 2.45) is 5.92 Å². The second kappa shape index (κ2) is 8.78. The third kappa shape index (κ3) is 4.39. The first-order valence-corrected chi connectivity index (χ1v) is 12.9. The molecule has 9 heteroatoms. The predicted molar refractivity (Wildman–Crippen MR) is 114 cm³/mol. The SMILES string of the molecule is O=C(NCc1ccc(S(=O)(=O)C2CCC3OCOC3C2)cc1)C1CC2CNCCC2N1. The van der Waals surface area contributed by atoms with Crippen molar-refractivity contribution in [1.29, 1.82) is 0 Å². The van der Waals surface area contributed by atoms with Crippen LogP contribution in [0.5, 0.6) is 0 Å². The molecule has 3 N–H and O–H groups in total. The maximum absolute atomic E-state index is 13.1. The molecule has 1 aliphatic carbocycles. The van der Waals surface area contributed by atoms with Crippen LogP contribution in [0.15, 0.2) is 29.2 Å². The molecule has 4 aliphatic rings. The molecule has 6 unspecified atom stereocenters. The quantitative estimate of drug-likeness (QED) is 0.608. The van der Waals surface area contributed by atoms with E-state index in [0.717, 1.165) is 31.5 Å². The fraction of sp³-hybridized carbons (Fsp3) is 0.682. The van der Waals surface area contributed by atoms with Gasteiger partial charge in [-0.25, -0.2) is 8.42 Å². The molecule has 0 spiro atoms. The van der Waals surface area contributed by atoms with E-state index >= 15 is 0 Å². The second-order valence-electron chi connectivity index (χ2n) is 9.18. The summed E-state index contributed by atoms with van der Waals surface area (Å²) >= 11 is 0. The van der Waals surface area contributed by atoms with Crippen molar-refractivity contribution < 1.29 is 22.7 Å². The minimum atomic E-state index is -3.41. The first-order chi connectivity index (χ1) is 15.0. The second-order valence-corrected chi connectivity index (χ2v) is 11.4. The minimum absolute atomic E-state index is 0.0154. The van der Waals surface area contributed by atoms with Crippen molar-refractivity contribution in [2.75, 3.05) is 19.9 Å². The Morgan fingerprint density at radius 1 is 1.06 bits per heavy atom. The van der Waals surface area contributed by atoms with Crippen molar-refractivity contribution in [2.45, 2.75) is 73.1 Å². The summed E-state index contributed by atoms with van der Waals surface area (Å²) in [6.07, 6.45) is 3.63. The van der Waals surface area contributed by atoms with Gasteiger partial charge in [0.2, 0.25) is 5.91 Å². The molecule has 3 aliphatic heterocycles. The zero-order valence-corrected chi connectivity index (χ0v) is 18.4. The van der Waals surface area contributed by atoms with E-state index in [1.807, 2.05) is 0 Å². The van der Waals surface area contributed by atoms with Crippen LogP contribution < -0.4 is 16.0 Å². The van der Waals surface area contributed by atoms with E-state index in [0.29, 0.717) is 42.7 Å². The lowest BCUT2D eigenvalue weighted by Crippen LogP contribution is -2.45. The van der Waals surface area contributed by atoms with E-state index in [2.05, 4.69) is 16.0 Å². The van der Waals surface area contributed by atoms with Gasteiger partial charge in [0.05, 0.1) is 28.4 Å². The van der Waals surface area contributed by atoms with Crippen LogP contribution >= 0.6 is 0 Å². The Bertz CT molecular complexity index is 892. The number of hydrogen-bond donors (Lipinski definition) is 3. The maximum atomic E-state index is 13.1. The molecule has 170 valence electrons. The lowest BCUT2D eigenvalue weighted by atomic mass is 9.94. The van der Waals surface area contributed by atoms with Gasteiger partial charge in [0.1, 0.15) is 6.79 Å². The first kappa shape index (κ1) is 21.3. The summed E-state index contributed by atoms with van der Waals surface area (Å²) < 4.78 is 37.2. The van der Waals surface area contributed by atoms with Gasteiger partial charge in [0.25, 0.3) is 0 Å². The Morgan fingerprint density at radius 2 is 1.87 bits per heavy atom. The molecule has 4 fully saturated rings. The highest BCUT2D eigenvalue weighted by molar-refractivity contribution is 7.92. The Kier molecular flexibility index (Phi) is 6.04. The molecule has 5 rings (SSSR count). The molecule has 6 atom stereocenters. The summed E-state index contributed by atoms with van der Waals surface area (Å²) in [4.78, 5) is 12.9. The molecule has 8 nitrogen and oxygen atoms in total. The molecule has 1 aromatic rings. The summed E-state index contributed by atoms with van der Waals surface area (Å²) in [5.74, 6) is 0.534. The number of hydrogen-bond acceptors (Lipinski definition) is 7. The van der Waals surface area contributed by atoms with Gasteiger partial charge in [-0.1, -0.05) is 12.1 Å². The van der Waals surface area contributed by atoms with Crippen molar-refractivity contribution in [1.82, 2.24) is 16.0 Å². The average Bonchev–Trinajstić information content (AvgIpc) is 3.44. The van der Waals surface area contributed by atoms with Gasteiger partial charge in [-0.3, -0.25) is 4.79 Å². The van der Waals surface area contributed by atoms with Gasteiger partial charge in [0.15, 0.2) is 9.84 Å².